The molecule has 1 heterocycles. The Bertz CT molecular complexity index is 478. The third-order valence-corrected chi connectivity index (χ3v) is 4.77. The average Bonchev–Trinajstić information content (AvgIpc) is 2.54. The van der Waals surface area contributed by atoms with Gasteiger partial charge >= 0.3 is 0 Å². The second kappa shape index (κ2) is 10.3. The summed E-state index contributed by atoms with van der Waals surface area (Å²) in [6.07, 6.45) is 3.61. The molecule has 2 unspecified atom stereocenters. The molecule has 2 atom stereocenters. The van der Waals surface area contributed by atoms with E-state index in [0.29, 0.717) is 13.2 Å². The molecule has 1 fully saturated rings. The number of aryl methyl sites for hydroxylation is 1. The monoisotopic (exact) mass is 404 g/mol. The summed E-state index contributed by atoms with van der Waals surface area (Å²) >= 11 is 3.43. The molecule has 0 aromatic heterocycles. The number of ether oxygens (including phenoxy) is 1. The van der Waals surface area contributed by atoms with Gasteiger partial charge in [-0.3, -0.25) is 4.79 Å². The zero-order chi connectivity index (χ0) is 15.9. The number of nitrogens with one attached hydrogen (secondary N) is 1. The lowest BCUT2D eigenvalue weighted by atomic mass is 9.91. The normalized spacial score (nSPS) is 17.9. The molecule has 6 heteroatoms. The Hall–Kier alpha value is -0.620. The van der Waals surface area contributed by atoms with E-state index in [1.165, 1.54) is 5.56 Å². The highest BCUT2D eigenvalue weighted by Crippen LogP contribution is 2.18. The summed E-state index contributed by atoms with van der Waals surface area (Å²) in [6.45, 7) is 3.46. The summed E-state index contributed by atoms with van der Waals surface area (Å²) < 4.78 is 6.40. The van der Waals surface area contributed by atoms with Crippen molar-refractivity contribution in [3.63, 3.8) is 0 Å². The fourth-order valence-electron chi connectivity index (χ4n) is 2.73. The van der Waals surface area contributed by atoms with Gasteiger partial charge in [0, 0.05) is 23.7 Å². The molecular formula is C17H26BrClN2O2. The van der Waals surface area contributed by atoms with E-state index < -0.39 is 6.04 Å². The third kappa shape index (κ3) is 6.79. The lowest BCUT2D eigenvalue weighted by molar-refractivity contribution is -0.125. The van der Waals surface area contributed by atoms with E-state index >= 15 is 0 Å². The van der Waals surface area contributed by atoms with Crippen LogP contribution in [0.3, 0.4) is 0 Å². The second-order valence-corrected chi connectivity index (χ2v) is 6.97. The van der Waals surface area contributed by atoms with E-state index in [0.717, 1.165) is 30.2 Å². The van der Waals surface area contributed by atoms with Gasteiger partial charge in [0.2, 0.25) is 5.91 Å². The number of hydrogen-bond donors (Lipinski definition) is 2. The number of halogens is 2. The molecule has 1 aliphatic rings. The van der Waals surface area contributed by atoms with E-state index in [4.69, 9.17) is 10.5 Å². The maximum atomic E-state index is 12.2. The Balaban J connectivity index is 0.00000264. The lowest BCUT2D eigenvalue weighted by Gasteiger charge is -2.27. The van der Waals surface area contributed by atoms with E-state index in [-0.39, 0.29) is 30.3 Å². The Morgan fingerprint density at radius 1 is 1.35 bits per heavy atom. The van der Waals surface area contributed by atoms with Crippen LogP contribution in [0.25, 0.3) is 0 Å². The fraction of sp³-hybridized carbons (Fsp3) is 0.588. The molecular weight excluding hydrogens is 380 g/mol. The summed E-state index contributed by atoms with van der Waals surface area (Å²) in [5, 5.41) is 3.04. The number of rotatable bonds is 6. The van der Waals surface area contributed by atoms with Gasteiger partial charge in [-0.15, -0.1) is 12.4 Å². The Morgan fingerprint density at radius 3 is 2.57 bits per heavy atom. The molecule has 23 heavy (non-hydrogen) atoms. The van der Waals surface area contributed by atoms with Crippen molar-refractivity contribution in [2.75, 3.05) is 13.2 Å². The van der Waals surface area contributed by atoms with Crippen LogP contribution in [0.5, 0.6) is 0 Å². The number of carbonyl (C=O) groups is 1. The zero-order valence-electron chi connectivity index (χ0n) is 13.5. The summed E-state index contributed by atoms with van der Waals surface area (Å²) in [5.74, 6) is 0.211. The van der Waals surface area contributed by atoms with Crippen LogP contribution in [0, 0.1) is 5.92 Å². The fourth-order valence-corrected chi connectivity index (χ4v) is 3.00. The Labute approximate surface area is 153 Å². The third-order valence-electron chi connectivity index (χ3n) is 4.24. The van der Waals surface area contributed by atoms with Gasteiger partial charge in [0.15, 0.2) is 0 Å². The molecule has 4 nitrogen and oxygen atoms in total. The van der Waals surface area contributed by atoms with E-state index in [2.05, 4.69) is 33.4 Å². The highest BCUT2D eigenvalue weighted by Gasteiger charge is 2.27. The van der Waals surface area contributed by atoms with Crippen LogP contribution >= 0.6 is 28.3 Å². The molecule has 0 aliphatic carbocycles. The summed E-state index contributed by atoms with van der Waals surface area (Å²) in [6, 6.07) is 8.00. The van der Waals surface area contributed by atoms with Crippen LogP contribution in [0.1, 0.15) is 31.7 Å². The van der Waals surface area contributed by atoms with E-state index in [1.54, 1.807) is 0 Å². The molecule has 0 saturated carbocycles. The van der Waals surface area contributed by atoms with Gasteiger partial charge in [0.1, 0.15) is 0 Å². The highest BCUT2D eigenvalue weighted by atomic mass is 79.9. The van der Waals surface area contributed by atoms with Crippen molar-refractivity contribution in [3.05, 3.63) is 34.3 Å². The predicted molar refractivity (Wildman–Crippen MR) is 98.8 cm³/mol. The lowest BCUT2D eigenvalue weighted by Crippen LogP contribution is -2.49. The molecule has 2 rings (SSSR count). The van der Waals surface area contributed by atoms with Crippen molar-refractivity contribution in [2.45, 2.75) is 44.7 Å². The minimum Gasteiger partial charge on any atom is -0.381 e. The van der Waals surface area contributed by atoms with Crippen molar-refractivity contribution < 1.29 is 9.53 Å². The number of carbonyl (C=O) groups excluding carboxylic acids is 1. The highest BCUT2D eigenvalue weighted by molar-refractivity contribution is 9.10. The predicted octanol–water partition coefficient (Wildman–Crippen LogP) is 3.06. The van der Waals surface area contributed by atoms with Gasteiger partial charge in [0.25, 0.3) is 0 Å². The summed E-state index contributed by atoms with van der Waals surface area (Å²) in [5.41, 5.74) is 7.37. The molecule has 1 saturated heterocycles. The molecule has 1 aliphatic heterocycles. The zero-order valence-corrected chi connectivity index (χ0v) is 15.9. The molecule has 1 aromatic rings. The molecule has 1 aromatic carbocycles. The maximum absolute atomic E-state index is 12.2. The standard InChI is InChI=1S/C17H25BrN2O2.ClH/c1-12(2-3-13-4-6-15(18)7-5-13)20-17(21)16(19)14-8-10-22-11-9-14;/h4-7,12,14,16H,2-3,8-11,19H2,1H3,(H,20,21);1H. The van der Waals surface area contributed by atoms with Gasteiger partial charge < -0.3 is 15.8 Å². The van der Waals surface area contributed by atoms with E-state index in [1.807, 2.05) is 19.1 Å². The quantitative estimate of drug-likeness (QED) is 0.764. The van der Waals surface area contributed by atoms with Gasteiger partial charge in [-0.1, -0.05) is 28.1 Å². The van der Waals surface area contributed by atoms with Crippen molar-refractivity contribution in [1.82, 2.24) is 5.32 Å². The van der Waals surface area contributed by atoms with Crippen LogP contribution < -0.4 is 11.1 Å². The molecule has 0 spiro atoms. The number of amides is 1. The smallest absolute Gasteiger partial charge is 0.237 e. The van der Waals surface area contributed by atoms with Crippen molar-refractivity contribution in [2.24, 2.45) is 11.7 Å². The summed E-state index contributed by atoms with van der Waals surface area (Å²) in [7, 11) is 0. The van der Waals surface area contributed by atoms with E-state index in [9.17, 15) is 4.79 Å². The topological polar surface area (TPSA) is 64.4 Å². The first-order chi connectivity index (χ1) is 10.6. The number of nitrogens with two attached hydrogens (primary N) is 1. The van der Waals surface area contributed by atoms with Crippen molar-refractivity contribution in [3.8, 4) is 0 Å². The number of benzene rings is 1. The van der Waals surface area contributed by atoms with Crippen LogP contribution in [0.4, 0.5) is 0 Å². The van der Waals surface area contributed by atoms with Crippen LogP contribution in [0.15, 0.2) is 28.7 Å². The molecule has 130 valence electrons. The molecule has 1 amide bonds. The van der Waals surface area contributed by atoms with Gasteiger partial charge in [-0.05, 0) is 56.2 Å². The second-order valence-electron chi connectivity index (χ2n) is 6.05. The van der Waals surface area contributed by atoms with Crippen LogP contribution in [0.2, 0.25) is 0 Å². The SMILES string of the molecule is CC(CCc1ccc(Br)cc1)NC(=O)C(N)C1CCOCC1.Cl. The largest absolute Gasteiger partial charge is 0.381 e. The average molecular weight is 406 g/mol. The first-order valence-electron chi connectivity index (χ1n) is 7.94. The molecule has 0 bridgehead atoms. The minimum absolute atomic E-state index is 0. The van der Waals surface area contributed by atoms with Gasteiger partial charge in [-0.25, -0.2) is 0 Å². The van der Waals surface area contributed by atoms with Gasteiger partial charge in [-0.2, -0.15) is 0 Å². The summed E-state index contributed by atoms with van der Waals surface area (Å²) in [4.78, 5) is 12.2. The first-order valence-corrected chi connectivity index (χ1v) is 8.73. The first kappa shape index (κ1) is 20.4. The van der Waals surface area contributed by atoms with Crippen molar-refractivity contribution >= 4 is 34.2 Å². The van der Waals surface area contributed by atoms with Gasteiger partial charge in [0.05, 0.1) is 6.04 Å². The van der Waals surface area contributed by atoms with Crippen LogP contribution in [-0.4, -0.2) is 31.2 Å². The van der Waals surface area contributed by atoms with Crippen molar-refractivity contribution in [1.29, 1.82) is 0 Å². The molecule has 3 N–H and O–H groups in total. The number of hydrogen-bond acceptors (Lipinski definition) is 3. The minimum atomic E-state index is -0.418. The molecule has 0 radical (unpaired) electrons. The Morgan fingerprint density at radius 2 is 1.96 bits per heavy atom. The van der Waals surface area contributed by atoms with Crippen LogP contribution in [-0.2, 0) is 16.0 Å². The maximum Gasteiger partial charge on any atom is 0.237 e. The Kier molecular flexibility index (Phi) is 9.14.